The monoisotopic (exact) mass is 412 g/mol. The number of amides is 5. The zero-order valence-corrected chi connectivity index (χ0v) is 16.1. The number of carbonyl (C=O) groups is 4. The van der Waals surface area contributed by atoms with E-state index < -0.39 is 42.4 Å². The number of hydrogen-bond donors (Lipinski definition) is 3. The van der Waals surface area contributed by atoms with E-state index in [9.17, 15) is 28.0 Å². The summed E-state index contributed by atoms with van der Waals surface area (Å²) in [6, 6.07) is 4.35. The Morgan fingerprint density at radius 2 is 1.79 bits per heavy atom. The lowest BCUT2D eigenvalue weighted by Crippen LogP contribution is -2.45. The molecule has 1 heterocycles. The van der Waals surface area contributed by atoms with Gasteiger partial charge in [0.25, 0.3) is 5.91 Å². The van der Waals surface area contributed by atoms with E-state index in [1.807, 2.05) is 0 Å². The van der Waals surface area contributed by atoms with Crippen LogP contribution in [-0.4, -0.2) is 54.4 Å². The fraction of sp³-hybridized carbons (Fsp3) is 0.444. The van der Waals surface area contributed by atoms with Gasteiger partial charge in [0.2, 0.25) is 11.8 Å². The first-order valence-corrected chi connectivity index (χ1v) is 8.78. The number of alkyl halides is 2. The average molecular weight is 412 g/mol. The molecule has 0 aromatic heterocycles. The van der Waals surface area contributed by atoms with Crippen LogP contribution in [0.25, 0.3) is 0 Å². The molecule has 29 heavy (non-hydrogen) atoms. The summed E-state index contributed by atoms with van der Waals surface area (Å²) in [5.41, 5.74) is -1.15. The molecule has 1 aromatic carbocycles. The molecule has 158 valence electrons. The van der Waals surface area contributed by atoms with Crippen LogP contribution in [-0.2, 0) is 19.9 Å². The first-order chi connectivity index (χ1) is 13.5. The Morgan fingerprint density at radius 3 is 2.34 bits per heavy atom. The van der Waals surface area contributed by atoms with Crippen LogP contribution in [0.5, 0.6) is 5.75 Å². The second kappa shape index (κ2) is 8.84. The van der Waals surface area contributed by atoms with Crippen LogP contribution >= 0.6 is 0 Å². The molecular formula is C18H22F2N4O5. The van der Waals surface area contributed by atoms with Crippen molar-refractivity contribution in [3.8, 4) is 5.75 Å². The van der Waals surface area contributed by atoms with Gasteiger partial charge < -0.3 is 20.7 Å². The van der Waals surface area contributed by atoms with E-state index in [0.717, 1.165) is 4.90 Å². The summed E-state index contributed by atoms with van der Waals surface area (Å²) in [4.78, 5) is 49.3. The normalized spacial score (nSPS) is 18.8. The maximum absolute atomic E-state index is 12.8. The Kier molecular flexibility index (Phi) is 6.72. The van der Waals surface area contributed by atoms with Gasteiger partial charge in [0.1, 0.15) is 17.8 Å². The van der Waals surface area contributed by atoms with Crippen LogP contribution in [0.3, 0.4) is 0 Å². The predicted octanol–water partition coefficient (Wildman–Crippen LogP) is 0.696. The number of nitrogens with zero attached hydrogens (tertiary/aromatic N) is 1. The van der Waals surface area contributed by atoms with Gasteiger partial charge in [-0.1, -0.05) is 12.1 Å². The van der Waals surface area contributed by atoms with E-state index in [0.29, 0.717) is 5.56 Å². The van der Waals surface area contributed by atoms with E-state index in [4.69, 9.17) is 0 Å². The lowest BCUT2D eigenvalue weighted by Gasteiger charge is -2.22. The Hall–Kier alpha value is -3.24. The van der Waals surface area contributed by atoms with Gasteiger partial charge in [0, 0.05) is 6.04 Å². The van der Waals surface area contributed by atoms with Crippen molar-refractivity contribution in [2.45, 2.75) is 39.0 Å². The number of rotatable bonds is 8. The molecule has 1 aliphatic rings. The summed E-state index contributed by atoms with van der Waals surface area (Å²) in [7, 11) is 0. The molecule has 3 N–H and O–H groups in total. The standard InChI is InChI=1S/C18H22F2N4O5/c1-10(2)22-13(25)8-21-14(26)9-24-15(27)18(3,23-17(24)28)11-4-6-12(7-5-11)29-16(19)20/h4-7,10,16H,8-9H2,1-3H3,(H,21,26)(H,22,25)(H,23,28)/t18-/m0/s1. The van der Waals surface area contributed by atoms with Crippen molar-refractivity contribution in [2.24, 2.45) is 0 Å². The van der Waals surface area contributed by atoms with Gasteiger partial charge in [-0.25, -0.2) is 4.79 Å². The molecule has 0 saturated carbocycles. The van der Waals surface area contributed by atoms with Crippen LogP contribution in [0.1, 0.15) is 26.3 Å². The van der Waals surface area contributed by atoms with Gasteiger partial charge >= 0.3 is 12.6 Å². The zero-order chi connectivity index (χ0) is 21.8. The quantitative estimate of drug-likeness (QED) is 0.544. The fourth-order valence-corrected chi connectivity index (χ4v) is 2.76. The van der Waals surface area contributed by atoms with Crippen molar-refractivity contribution < 1.29 is 32.7 Å². The number of ether oxygens (including phenoxy) is 1. The maximum Gasteiger partial charge on any atom is 0.387 e. The largest absolute Gasteiger partial charge is 0.435 e. The molecule has 0 bridgehead atoms. The maximum atomic E-state index is 12.8. The summed E-state index contributed by atoms with van der Waals surface area (Å²) >= 11 is 0. The van der Waals surface area contributed by atoms with E-state index in [2.05, 4.69) is 20.7 Å². The number of urea groups is 1. The third kappa shape index (κ3) is 5.39. The van der Waals surface area contributed by atoms with Crippen LogP contribution in [0.4, 0.5) is 13.6 Å². The lowest BCUT2D eigenvalue weighted by molar-refractivity contribution is -0.135. The summed E-state index contributed by atoms with van der Waals surface area (Å²) in [5, 5.41) is 7.42. The molecule has 1 fully saturated rings. The summed E-state index contributed by atoms with van der Waals surface area (Å²) in [6.07, 6.45) is 0. The molecule has 2 rings (SSSR count). The minimum atomic E-state index is -2.99. The zero-order valence-electron chi connectivity index (χ0n) is 16.1. The average Bonchev–Trinajstić information content (AvgIpc) is 2.83. The number of benzene rings is 1. The highest BCUT2D eigenvalue weighted by Crippen LogP contribution is 2.30. The number of halogens is 2. The highest BCUT2D eigenvalue weighted by molar-refractivity contribution is 6.09. The molecule has 1 aliphatic heterocycles. The van der Waals surface area contributed by atoms with Crippen LogP contribution in [0.15, 0.2) is 24.3 Å². The Labute approximate surface area is 165 Å². The first kappa shape index (κ1) is 22.1. The summed E-state index contributed by atoms with van der Waals surface area (Å²) in [6.45, 7) is 1.12. The molecule has 0 aliphatic carbocycles. The Balaban J connectivity index is 2.02. The highest BCUT2D eigenvalue weighted by atomic mass is 19.3. The van der Waals surface area contributed by atoms with Crippen molar-refractivity contribution in [1.82, 2.24) is 20.9 Å². The molecule has 0 spiro atoms. The van der Waals surface area contributed by atoms with Gasteiger partial charge in [0.05, 0.1) is 6.54 Å². The van der Waals surface area contributed by atoms with E-state index in [1.165, 1.54) is 31.2 Å². The molecule has 0 radical (unpaired) electrons. The van der Waals surface area contributed by atoms with E-state index in [1.54, 1.807) is 13.8 Å². The topological polar surface area (TPSA) is 117 Å². The second-order valence-electron chi connectivity index (χ2n) is 6.85. The molecule has 9 nitrogen and oxygen atoms in total. The first-order valence-electron chi connectivity index (χ1n) is 8.78. The van der Waals surface area contributed by atoms with Crippen molar-refractivity contribution in [2.75, 3.05) is 13.1 Å². The van der Waals surface area contributed by atoms with Crippen molar-refractivity contribution in [3.05, 3.63) is 29.8 Å². The SMILES string of the molecule is CC(C)NC(=O)CNC(=O)CN1C(=O)N[C@@](C)(c2ccc(OC(F)F)cc2)C1=O. The Morgan fingerprint density at radius 1 is 1.17 bits per heavy atom. The summed E-state index contributed by atoms with van der Waals surface area (Å²) < 4.78 is 28.8. The minimum Gasteiger partial charge on any atom is -0.435 e. The minimum absolute atomic E-state index is 0.0940. The smallest absolute Gasteiger partial charge is 0.387 e. The van der Waals surface area contributed by atoms with Crippen molar-refractivity contribution >= 4 is 23.8 Å². The number of imide groups is 1. The van der Waals surface area contributed by atoms with Gasteiger partial charge in [-0.2, -0.15) is 8.78 Å². The Bertz CT molecular complexity index is 800. The lowest BCUT2D eigenvalue weighted by atomic mass is 9.92. The van der Waals surface area contributed by atoms with Crippen LogP contribution in [0.2, 0.25) is 0 Å². The van der Waals surface area contributed by atoms with Gasteiger partial charge in [-0.15, -0.1) is 0 Å². The molecule has 1 aromatic rings. The fourth-order valence-electron chi connectivity index (χ4n) is 2.76. The van der Waals surface area contributed by atoms with Gasteiger partial charge in [-0.3, -0.25) is 19.3 Å². The van der Waals surface area contributed by atoms with Crippen LogP contribution < -0.4 is 20.7 Å². The van der Waals surface area contributed by atoms with Crippen LogP contribution in [0, 0.1) is 0 Å². The van der Waals surface area contributed by atoms with E-state index >= 15 is 0 Å². The van der Waals surface area contributed by atoms with Gasteiger partial charge in [0.15, 0.2) is 0 Å². The summed E-state index contributed by atoms with van der Waals surface area (Å²) in [5.74, 6) is -1.87. The number of hydrogen-bond acceptors (Lipinski definition) is 5. The van der Waals surface area contributed by atoms with Gasteiger partial charge in [-0.05, 0) is 38.5 Å². The third-order valence-corrected chi connectivity index (χ3v) is 4.13. The molecule has 11 heteroatoms. The highest BCUT2D eigenvalue weighted by Gasteiger charge is 2.49. The number of nitrogens with one attached hydrogen (secondary N) is 3. The molecule has 1 atom stereocenters. The predicted molar refractivity (Wildman–Crippen MR) is 97.0 cm³/mol. The molecule has 5 amide bonds. The third-order valence-electron chi connectivity index (χ3n) is 4.13. The number of carbonyl (C=O) groups excluding carboxylic acids is 4. The second-order valence-corrected chi connectivity index (χ2v) is 6.85. The molecule has 1 saturated heterocycles. The van der Waals surface area contributed by atoms with Crippen molar-refractivity contribution in [3.63, 3.8) is 0 Å². The van der Waals surface area contributed by atoms with E-state index in [-0.39, 0.29) is 18.3 Å². The van der Waals surface area contributed by atoms with Crippen molar-refractivity contribution in [1.29, 1.82) is 0 Å². The molecular weight excluding hydrogens is 390 g/mol. The molecule has 0 unspecified atom stereocenters.